The second kappa shape index (κ2) is 14.8. The summed E-state index contributed by atoms with van der Waals surface area (Å²) in [6, 6.07) is -0.171. The third-order valence-electron chi connectivity index (χ3n) is 4.73. The molecule has 6 heteroatoms. The molecule has 4 atom stereocenters. The van der Waals surface area contributed by atoms with Crippen LogP contribution in [0, 0.1) is 11.8 Å². The first-order chi connectivity index (χ1) is 13.8. The van der Waals surface area contributed by atoms with Crippen LogP contribution in [0.25, 0.3) is 0 Å². The second-order valence-electron chi connectivity index (χ2n) is 10.0. The van der Waals surface area contributed by atoms with E-state index in [2.05, 4.69) is 38.3 Å². The molecule has 0 spiro atoms. The van der Waals surface area contributed by atoms with Gasteiger partial charge in [-0.25, -0.2) is 0 Å². The molecule has 6 nitrogen and oxygen atoms in total. The molecular formula is C24H48N2O4. The van der Waals surface area contributed by atoms with Gasteiger partial charge in [0, 0.05) is 12.1 Å². The number of esters is 2. The highest BCUT2D eigenvalue weighted by atomic mass is 16.5. The molecular weight excluding hydrogens is 380 g/mol. The molecule has 0 amide bonds. The molecule has 0 radical (unpaired) electrons. The summed E-state index contributed by atoms with van der Waals surface area (Å²) in [6.45, 7) is 20.1. The molecule has 0 aliphatic carbocycles. The standard InChI is InChI=1S/C24H48N2O4/c1-15(2)13-21(23(27)29-17(5)6)26-20(10)12-11-19(9)14-22(25-16(3)4)24(28)30-18(7)8/h15-22,25-26H,11-14H2,1-10H3/t19?,20?,21?,22-/m0/s1. The monoisotopic (exact) mass is 428 g/mol. The molecule has 2 N–H and O–H groups in total. The van der Waals surface area contributed by atoms with Crippen molar-refractivity contribution < 1.29 is 19.1 Å². The van der Waals surface area contributed by atoms with Gasteiger partial charge >= 0.3 is 11.9 Å². The molecule has 178 valence electrons. The molecule has 0 fully saturated rings. The van der Waals surface area contributed by atoms with Crippen LogP contribution < -0.4 is 10.6 Å². The van der Waals surface area contributed by atoms with E-state index in [0.29, 0.717) is 11.8 Å². The van der Waals surface area contributed by atoms with E-state index in [-0.39, 0.29) is 48.3 Å². The number of carbonyl (C=O) groups is 2. The van der Waals surface area contributed by atoms with Crippen molar-refractivity contribution in [2.75, 3.05) is 0 Å². The van der Waals surface area contributed by atoms with Crippen molar-refractivity contribution in [1.29, 1.82) is 0 Å². The smallest absolute Gasteiger partial charge is 0.323 e. The Hall–Kier alpha value is -1.14. The lowest BCUT2D eigenvalue weighted by Gasteiger charge is -2.26. The Morgan fingerprint density at radius 3 is 1.53 bits per heavy atom. The van der Waals surface area contributed by atoms with Gasteiger partial charge in [-0.1, -0.05) is 34.6 Å². The maximum atomic E-state index is 12.4. The van der Waals surface area contributed by atoms with E-state index in [4.69, 9.17) is 9.47 Å². The summed E-state index contributed by atoms with van der Waals surface area (Å²) in [4.78, 5) is 24.9. The molecule has 0 aliphatic heterocycles. The van der Waals surface area contributed by atoms with Crippen molar-refractivity contribution in [2.45, 2.75) is 131 Å². The highest BCUT2D eigenvalue weighted by Crippen LogP contribution is 2.17. The summed E-state index contributed by atoms with van der Waals surface area (Å²) in [7, 11) is 0. The molecule has 0 saturated carbocycles. The van der Waals surface area contributed by atoms with Crippen LogP contribution in [0.3, 0.4) is 0 Å². The minimum atomic E-state index is -0.291. The molecule has 0 heterocycles. The average molecular weight is 429 g/mol. The minimum absolute atomic E-state index is 0.111. The first-order valence-corrected chi connectivity index (χ1v) is 11.7. The van der Waals surface area contributed by atoms with Crippen molar-refractivity contribution in [3.8, 4) is 0 Å². The molecule has 0 aromatic rings. The largest absolute Gasteiger partial charge is 0.462 e. The Balaban J connectivity index is 4.73. The van der Waals surface area contributed by atoms with Gasteiger partial charge in [-0.05, 0) is 72.1 Å². The molecule has 0 aliphatic rings. The first-order valence-electron chi connectivity index (χ1n) is 11.7. The van der Waals surface area contributed by atoms with Crippen molar-refractivity contribution in [3.63, 3.8) is 0 Å². The predicted octanol–water partition coefficient (Wildman–Crippen LogP) is 4.46. The Kier molecular flexibility index (Phi) is 14.2. The van der Waals surface area contributed by atoms with Crippen LogP contribution in [0.5, 0.6) is 0 Å². The lowest BCUT2D eigenvalue weighted by molar-refractivity contribution is -0.151. The Labute approximate surface area is 185 Å². The lowest BCUT2D eigenvalue weighted by Crippen LogP contribution is -2.45. The Morgan fingerprint density at radius 1 is 0.667 bits per heavy atom. The molecule has 0 rings (SSSR count). The van der Waals surface area contributed by atoms with Crippen LogP contribution in [-0.2, 0) is 19.1 Å². The third-order valence-corrected chi connectivity index (χ3v) is 4.73. The van der Waals surface area contributed by atoms with E-state index < -0.39 is 0 Å². The highest BCUT2D eigenvalue weighted by molar-refractivity contribution is 5.76. The first kappa shape index (κ1) is 28.9. The zero-order valence-electron chi connectivity index (χ0n) is 21.1. The van der Waals surface area contributed by atoms with Crippen LogP contribution in [-0.4, -0.2) is 48.3 Å². The van der Waals surface area contributed by atoms with Crippen LogP contribution >= 0.6 is 0 Å². The fourth-order valence-corrected chi connectivity index (χ4v) is 3.45. The number of nitrogens with one attached hydrogen (secondary N) is 2. The van der Waals surface area contributed by atoms with E-state index in [1.807, 2.05) is 41.5 Å². The lowest BCUT2D eigenvalue weighted by atomic mass is 9.94. The number of hydrogen-bond acceptors (Lipinski definition) is 6. The topological polar surface area (TPSA) is 76.7 Å². The zero-order chi connectivity index (χ0) is 23.4. The number of carbonyl (C=O) groups excluding carboxylic acids is 2. The van der Waals surface area contributed by atoms with Gasteiger partial charge in [0.1, 0.15) is 12.1 Å². The zero-order valence-corrected chi connectivity index (χ0v) is 21.1. The number of hydrogen-bond donors (Lipinski definition) is 2. The van der Waals surface area contributed by atoms with Crippen LogP contribution in [0.4, 0.5) is 0 Å². The summed E-state index contributed by atoms with van der Waals surface area (Å²) in [6.07, 6.45) is 3.16. The average Bonchev–Trinajstić information content (AvgIpc) is 2.56. The predicted molar refractivity (Wildman–Crippen MR) is 123 cm³/mol. The fourth-order valence-electron chi connectivity index (χ4n) is 3.45. The van der Waals surface area contributed by atoms with Crippen molar-refractivity contribution in [3.05, 3.63) is 0 Å². The van der Waals surface area contributed by atoms with Crippen LogP contribution in [0.15, 0.2) is 0 Å². The van der Waals surface area contributed by atoms with Gasteiger partial charge in [-0.3, -0.25) is 9.59 Å². The fraction of sp³-hybridized carbons (Fsp3) is 0.917. The minimum Gasteiger partial charge on any atom is -0.462 e. The highest BCUT2D eigenvalue weighted by Gasteiger charge is 2.26. The van der Waals surface area contributed by atoms with Gasteiger partial charge in [-0.15, -0.1) is 0 Å². The maximum Gasteiger partial charge on any atom is 0.323 e. The van der Waals surface area contributed by atoms with Crippen molar-refractivity contribution >= 4 is 11.9 Å². The van der Waals surface area contributed by atoms with E-state index in [0.717, 1.165) is 25.7 Å². The molecule has 0 saturated heterocycles. The molecule has 0 bridgehead atoms. The molecule has 30 heavy (non-hydrogen) atoms. The van der Waals surface area contributed by atoms with Crippen molar-refractivity contribution in [1.82, 2.24) is 10.6 Å². The van der Waals surface area contributed by atoms with Crippen molar-refractivity contribution in [2.24, 2.45) is 11.8 Å². The summed E-state index contributed by atoms with van der Waals surface area (Å²) in [5, 5.41) is 6.80. The SMILES string of the molecule is CC(C)CC(NC(C)CCC(C)C[C@H](NC(C)C)C(=O)OC(C)C)C(=O)OC(C)C. The van der Waals surface area contributed by atoms with Gasteiger partial charge in [0.2, 0.25) is 0 Å². The second-order valence-corrected chi connectivity index (χ2v) is 10.0. The normalized spacial score (nSPS) is 16.1. The summed E-state index contributed by atoms with van der Waals surface area (Å²) < 4.78 is 10.8. The van der Waals surface area contributed by atoms with Crippen LogP contribution in [0.1, 0.15) is 94.9 Å². The number of ether oxygens (including phenoxy) is 2. The Morgan fingerprint density at radius 2 is 1.13 bits per heavy atom. The number of rotatable bonds is 15. The van der Waals surface area contributed by atoms with E-state index in [1.54, 1.807) is 0 Å². The maximum absolute atomic E-state index is 12.4. The van der Waals surface area contributed by atoms with E-state index >= 15 is 0 Å². The van der Waals surface area contributed by atoms with Gasteiger partial charge in [0.25, 0.3) is 0 Å². The summed E-state index contributed by atoms with van der Waals surface area (Å²) in [5.41, 5.74) is 0. The van der Waals surface area contributed by atoms with E-state index in [1.165, 1.54) is 0 Å². The van der Waals surface area contributed by atoms with Gasteiger partial charge in [0.05, 0.1) is 12.2 Å². The van der Waals surface area contributed by atoms with Gasteiger partial charge in [0.15, 0.2) is 0 Å². The molecule has 0 aromatic heterocycles. The summed E-state index contributed by atoms with van der Waals surface area (Å²) >= 11 is 0. The van der Waals surface area contributed by atoms with Gasteiger partial charge in [-0.2, -0.15) is 0 Å². The summed E-state index contributed by atoms with van der Waals surface area (Å²) in [5.74, 6) is 0.418. The molecule has 0 aromatic carbocycles. The third kappa shape index (κ3) is 14.0. The quantitative estimate of drug-likeness (QED) is 0.375. The Bertz CT molecular complexity index is 448. The van der Waals surface area contributed by atoms with E-state index in [9.17, 15) is 9.59 Å². The molecule has 3 unspecified atom stereocenters. The van der Waals surface area contributed by atoms with Gasteiger partial charge < -0.3 is 20.1 Å². The van der Waals surface area contributed by atoms with Crippen LogP contribution in [0.2, 0.25) is 0 Å².